The zero-order valence-electron chi connectivity index (χ0n) is 21.5. The Balaban J connectivity index is 1.27. The number of rotatable bonds is 6. The zero-order chi connectivity index (χ0) is 27.2. The zero-order valence-corrected chi connectivity index (χ0v) is 21.5. The van der Waals surface area contributed by atoms with Gasteiger partial charge in [-0.2, -0.15) is 13.2 Å². The fraction of sp³-hybridized carbons (Fsp3) is 0.464. The number of halogens is 4. The minimum absolute atomic E-state index is 0.203. The molecule has 4 heterocycles. The summed E-state index contributed by atoms with van der Waals surface area (Å²) in [6.45, 7) is 2.12. The number of imidazole rings is 1. The number of likely N-dealkylation sites (tertiary alicyclic amines) is 1. The topological polar surface area (TPSA) is 60.4 Å². The lowest BCUT2D eigenvalue weighted by atomic mass is 9.90. The number of aryl methyl sites for hydroxylation is 1. The highest BCUT2D eigenvalue weighted by Gasteiger charge is 2.54. The van der Waals surface area contributed by atoms with Crippen LogP contribution in [0.1, 0.15) is 60.8 Å². The Morgan fingerprint density at radius 3 is 2.51 bits per heavy atom. The van der Waals surface area contributed by atoms with Gasteiger partial charge in [-0.25, -0.2) is 9.18 Å². The molecule has 1 saturated heterocycles. The van der Waals surface area contributed by atoms with Crippen LogP contribution in [0.3, 0.4) is 0 Å². The molecule has 1 aromatic carbocycles. The Morgan fingerprint density at radius 2 is 1.87 bits per heavy atom. The first-order valence-corrected chi connectivity index (χ1v) is 13.2. The molecule has 0 unspecified atom stereocenters. The normalized spacial score (nSPS) is 20.6. The van der Waals surface area contributed by atoms with Crippen molar-refractivity contribution < 1.29 is 17.6 Å². The van der Waals surface area contributed by atoms with Crippen molar-refractivity contribution in [2.45, 2.75) is 56.4 Å². The first-order valence-electron chi connectivity index (χ1n) is 13.2. The third-order valence-corrected chi connectivity index (χ3v) is 8.96. The van der Waals surface area contributed by atoms with Crippen LogP contribution < -0.4 is 5.69 Å². The molecule has 3 aliphatic rings. The minimum atomic E-state index is -4.62. The summed E-state index contributed by atoms with van der Waals surface area (Å²) in [5.41, 5.74) is -0.556. The molecule has 0 radical (unpaired) electrons. The van der Waals surface area contributed by atoms with E-state index in [0.717, 1.165) is 23.9 Å². The minimum Gasteiger partial charge on any atom is -0.318 e. The Hall–Kier alpha value is -3.47. The molecule has 3 fully saturated rings. The highest BCUT2D eigenvalue weighted by atomic mass is 19.4. The largest absolute Gasteiger partial charge is 0.418 e. The summed E-state index contributed by atoms with van der Waals surface area (Å²) in [7, 11) is 1.68. The van der Waals surface area contributed by atoms with Crippen LogP contribution in [-0.2, 0) is 25.2 Å². The van der Waals surface area contributed by atoms with Crippen LogP contribution in [-0.4, -0.2) is 41.7 Å². The van der Waals surface area contributed by atoms with Gasteiger partial charge in [-0.3, -0.25) is 13.9 Å². The lowest BCUT2D eigenvalue weighted by Gasteiger charge is -2.20. The molecule has 2 aliphatic carbocycles. The molecule has 39 heavy (non-hydrogen) atoms. The van der Waals surface area contributed by atoms with E-state index in [1.54, 1.807) is 35.9 Å². The van der Waals surface area contributed by atoms with E-state index in [0.29, 0.717) is 41.6 Å². The molecule has 4 aromatic rings. The van der Waals surface area contributed by atoms with E-state index >= 15 is 4.39 Å². The molecule has 204 valence electrons. The van der Waals surface area contributed by atoms with E-state index in [1.807, 2.05) is 0 Å². The van der Waals surface area contributed by atoms with Gasteiger partial charge in [0, 0.05) is 37.9 Å². The van der Waals surface area contributed by atoms with E-state index in [4.69, 9.17) is 0 Å². The van der Waals surface area contributed by atoms with Crippen LogP contribution in [0.5, 0.6) is 0 Å². The summed E-state index contributed by atoms with van der Waals surface area (Å²) in [6, 6.07) is 8.03. The van der Waals surface area contributed by atoms with Gasteiger partial charge in [0.25, 0.3) is 0 Å². The highest BCUT2D eigenvalue weighted by molar-refractivity contribution is 5.58. The van der Waals surface area contributed by atoms with Crippen molar-refractivity contribution in [3.05, 3.63) is 82.1 Å². The SMILES string of the molecule is Cn1cnnc1[C@H](F)C1(c2cccc(-n3cc4c(C(F)(F)F)cc(CN5CCC6(CC6)C5)cn4c3=O)c2)CC1. The van der Waals surface area contributed by atoms with Gasteiger partial charge < -0.3 is 4.57 Å². The number of hydrogen-bond acceptors (Lipinski definition) is 4. The van der Waals surface area contributed by atoms with Crippen LogP contribution >= 0.6 is 0 Å². The molecular formula is C28H28F4N6O. The lowest BCUT2D eigenvalue weighted by Crippen LogP contribution is -2.23. The predicted molar refractivity (Wildman–Crippen MR) is 135 cm³/mol. The van der Waals surface area contributed by atoms with E-state index in [-0.39, 0.29) is 11.3 Å². The monoisotopic (exact) mass is 540 g/mol. The van der Waals surface area contributed by atoms with E-state index in [1.165, 1.54) is 42.2 Å². The fourth-order valence-corrected chi connectivity index (χ4v) is 6.31. The molecule has 1 aliphatic heterocycles. The molecule has 3 aromatic heterocycles. The summed E-state index contributed by atoms with van der Waals surface area (Å²) >= 11 is 0. The predicted octanol–water partition coefficient (Wildman–Crippen LogP) is 4.97. The average Bonchev–Trinajstić information content (AvgIpc) is 3.75. The van der Waals surface area contributed by atoms with Gasteiger partial charge >= 0.3 is 11.9 Å². The van der Waals surface area contributed by atoms with Gasteiger partial charge in [-0.15, -0.1) is 10.2 Å². The first kappa shape index (κ1) is 24.6. The second-order valence-corrected chi connectivity index (χ2v) is 11.6. The number of alkyl halides is 4. The number of nitrogens with zero attached hydrogens (tertiary/aromatic N) is 6. The van der Waals surface area contributed by atoms with Gasteiger partial charge in [0.1, 0.15) is 6.33 Å². The highest BCUT2D eigenvalue weighted by Crippen LogP contribution is 2.58. The molecule has 0 N–H and O–H groups in total. The van der Waals surface area contributed by atoms with E-state index in [2.05, 4.69) is 15.1 Å². The van der Waals surface area contributed by atoms with Crippen LogP contribution in [0.2, 0.25) is 0 Å². The summed E-state index contributed by atoms with van der Waals surface area (Å²) < 4.78 is 62.1. The Bertz CT molecular complexity index is 1640. The molecule has 0 bridgehead atoms. The number of fused-ring (bicyclic) bond motifs is 1. The van der Waals surface area contributed by atoms with Crippen LogP contribution in [0, 0.1) is 5.41 Å². The van der Waals surface area contributed by atoms with Crippen molar-refractivity contribution in [2.75, 3.05) is 13.1 Å². The summed E-state index contributed by atoms with van der Waals surface area (Å²) in [6.07, 6.45) is 2.81. The standard InChI is InChI=1S/C28H28F4N6O/c1-35-17-33-34-24(35)23(29)27(7-8-27)19-3-2-4-20(12-19)37-15-22-21(28(30,31)32)11-18(14-38(22)25(37)39)13-36-10-9-26(16-36)5-6-26/h2-4,11-12,14-15,17,23H,5-10,13,16H2,1H3/t23-/m0/s1. The van der Waals surface area contributed by atoms with Gasteiger partial charge in [-0.1, -0.05) is 12.1 Å². The Labute approximate surface area is 221 Å². The van der Waals surface area contributed by atoms with Gasteiger partial charge in [0.2, 0.25) is 0 Å². The molecule has 7 rings (SSSR count). The van der Waals surface area contributed by atoms with Gasteiger partial charge in [0.05, 0.1) is 16.8 Å². The van der Waals surface area contributed by atoms with Crippen LogP contribution in [0.25, 0.3) is 11.2 Å². The number of pyridine rings is 1. The second kappa shape index (κ2) is 8.27. The van der Waals surface area contributed by atoms with Gasteiger partial charge in [0.15, 0.2) is 12.0 Å². The molecule has 0 amide bonds. The Morgan fingerprint density at radius 1 is 1.08 bits per heavy atom. The fourth-order valence-electron chi connectivity index (χ4n) is 6.31. The second-order valence-electron chi connectivity index (χ2n) is 11.6. The summed E-state index contributed by atoms with van der Waals surface area (Å²) in [4.78, 5) is 15.7. The van der Waals surface area contributed by atoms with Crippen molar-refractivity contribution in [3.8, 4) is 5.69 Å². The summed E-state index contributed by atoms with van der Waals surface area (Å²) in [5.74, 6) is 0.220. The first-order chi connectivity index (χ1) is 18.6. The van der Waals surface area contributed by atoms with Crippen molar-refractivity contribution in [3.63, 3.8) is 0 Å². The van der Waals surface area contributed by atoms with Gasteiger partial charge in [-0.05, 0) is 73.4 Å². The van der Waals surface area contributed by atoms with E-state index in [9.17, 15) is 18.0 Å². The third-order valence-electron chi connectivity index (χ3n) is 8.96. The smallest absolute Gasteiger partial charge is 0.318 e. The van der Waals surface area contributed by atoms with Crippen molar-refractivity contribution in [1.82, 2.24) is 28.6 Å². The van der Waals surface area contributed by atoms with Crippen molar-refractivity contribution >= 4 is 5.52 Å². The maximum absolute atomic E-state index is 15.7. The average molecular weight is 541 g/mol. The quantitative estimate of drug-likeness (QED) is 0.324. The van der Waals surface area contributed by atoms with Crippen molar-refractivity contribution in [2.24, 2.45) is 12.5 Å². The molecule has 1 spiro atoms. The molecule has 11 heteroatoms. The summed E-state index contributed by atoms with van der Waals surface area (Å²) in [5, 5.41) is 7.72. The lowest BCUT2D eigenvalue weighted by molar-refractivity contribution is -0.136. The molecule has 2 saturated carbocycles. The Kier molecular flexibility index (Phi) is 5.21. The maximum Gasteiger partial charge on any atom is 0.418 e. The van der Waals surface area contributed by atoms with Crippen LogP contribution in [0.4, 0.5) is 17.6 Å². The molecule has 7 nitrogen and oxygen atoms in total. The molecule has 1 atom stereocenters. The number of hydrogen-bond donors (Lipinski definition) is 0. The number of aromatic nitrogens is 5. The molecular weight excluding hydrogens is 512 g/mol. The van der Waals surface area contributed by atoms with Crippen LogP contribution in [0.15, 0.2) is 53.8 Å². The van der Waals surface area contributed by atoms with Crippen molar-refractivity contribution in [1.29, 1.82) is 0 Å². The number of benzene rings is 1. The van der Waals surface area contributed by atoms with E-state index < -0.39 is 29.0 Å². The third kappa shape index (κ3) is 4.00. The maximum atomic E-state index is 15.7.